The second-order valence-electron chi connectivity index (χ2n) is 8.93. The van der Waals surface area contributed by atoms with Gasteiger partial charge in [0.15, 0.2) is 11.6 Å². The van der Waals surface area contributed by atoms with E-state index in [0.717, 1.165) is 49.3 Å². The van der Waals surface area contributed by atoms with Crippen LogP contribution in [0.3, 0.4) is 0 Å². The van der Waals surface area contributed by atoms with Crippen molar-refractivity contribution in [1.82, 2.24) is 4.90 Å². The predicted molar refractivity (Wildman–Crippen MR) is 133 cm³/mol. The van der Waals surface area contributed by atoms with E-state index in [1.807, 2.05) is 30.3 Å². The van der Waals surface area contributed by atoms with Crippen molar-refractivity contribution in [2.45, 2.75) is 76.7 Å². The highest BCUT2D eigenvalue weighted by atomic mass is 79.9. The van der Waals surface area contributed by atoms with Crippen LogP contribution in [0, 0.1) is 17.5 Å². The van der Waals surface area contributed by atoms with Gasteiger partial charge in [0.2, 0.25) is 0 Å². The molecule has 0 saturated heterocycles. The molecule has 1 amide bonds. The van der Waals surface area contributed by atoms with Crippen LogP contribution in [-0.4, -0.2) is 35.1 Å². The molecule has 2 aromatic carbocycles. The highest BCUT2D eigenvalue weighted by Crippen LogP contribution is 2.28. The smallest absolute Gasteiger partial charge is 0.410 e. The summed E-state index contributed by atoms with van der Waals surface area (Å²) in [5, 5.41) is 1.02. The number of unbranched alkanes of at least 4 members (excludes halogenated alkanes) is 3. The number of carbonyl (C=O) groups is 1. The van der Waals surface area contributed by atoms with Crippen LogP contribution >= 0.6 is 15.9 Å². The van der Waals surface area contributed by atoms with Crippen LogP contribution in [0.15, 0.2) is 42.5 Å². The molecule has 1 aliphatic rings. The number of rotatable bonds is 12. The Morgan fingerprint density at radius 2 is 1.60 bits per heavy atom. The van der Waals surface area contributed by atoms with Gasteiger partial charge >= 0.3 is 6.09 Å². The first-order chi connectivity index (χ1) is 17.0. The number of ether oxygens (including phenoxy) is 2. The zero-order valence-electron chi connectivity index (χ0n) is 19.9. The lowest BCUT2D eigenvalue weighted by Gasteiger charge is -2.36. The molecule has 2 aromatic rings. The van der Waals surface area contributed by atoms with Gasteiger partial charge in [-0.1, -0.05) is 59.1 Å². The summed E-state index contributed by atoms with van der Waals surface area (Å²) < 4.78 is 53.1. The monoisotopic (exact) mass is 555 g/mol. The van der Waals surface area contributed by atoms with Gasteiger partial charge in [-0.15, -0.1) is 0 Å². The number of hydrogen-bond donors (Lipinski definition) is 0. The summed E-state index contributed by atoms with van der Waals surface area (Å²) in [4.78, 5) is 14.5. The molecule has 1 aliphatic carbocycles. The van der Waals surface area contributed by atoms with E-state index in [-0.39, 0.29) is 30.9 Å². The van der Waals surface area contributed by atoms with Gasteiger partial charge in [0.1, 0.15) is 12.4 Å². The molecule has 0 aromatic heterocycles. The first-order valence-corrected chi connectivity index (χ1v) is 13.4. The molecule has 3 rings (SSSR count). The standard InChI is InChI=1S/C27H33BrF3NO3/c28-14-6-1-2-7-15-34-23-12-10-22(11-13-23)32(18-21-16-25(30)26(31)17-24(21)29)27(33)35-19-20-8-4-3-5-9-20/h3-5,8-9,16-17,22-23H,1-2,6-7,10-15,18-19H2. The highest BCUT2D eigenvalue weighted by Gasteiger charge is 2.31. The van der Waals surface area contributed by atoms with E-state index in [2.05, 4.69) is 15.9 Å². The maximum Gasteiger partial charge on any atom is 0.410 e. The number of carbonyl (C=O) groups excluding carboxylic acids is 1. The van der Waals surface area contributed by atoms with Crippen molar-refractivity contribution in [1.29, 1.82) is 0 Å². The zero-order valence-corrected chi connectivity index (χ0v) is 21.5. The van der Waals surface area contributed by atoms with E-state index < -0.39 is 23.5 Å². The van der Waals surface area contributed by atoms with Crippen molar-refractivity contribution >= 4 is 22.0 Å². The molecular formula is C27H33BrF3NO3. The Morgan fingerprint density at radius 1 is 0.914 bits per heavy atom. The first-order valence-electron chi connectivity index (χ1n) is 12.3. The molecule has 0 N–H and O–H groups in total. The third-order valence-corrected chi connectivity index (χ3v) is 6.90. The molecule has 1 fully saturated rings. The SMILES string of the molecule is O=C(OCc1ccccc1)N(Cc1cc(F)c(F)cc1F)C1CCC(OCCCCCCBr)CC1. The minimum Gasteiger partial charge on any atom is -0.445 e. The van der Waals surface area contributed by atoms with Crippen LogP contribution < -0.4 is 0 Å². The Morgan fingerprint density at radius 3 is 2.31 bits per heavy atom. The molecule has 8 heteroatoms. The summed E-state index contributed by atoms with van der Waals surface area (Å²) in [5.41, 5.74) is 0.746. The van der Waals surface area contributed by atoms with Crippen LogP contribution in [0.25, 0.3) is 0 Å². The fraction of sp³-hybridized carbons (Fsp3) is 0.519. The van der Waals surface area contributed by atoms with E-state index >= 15 is 0 Å². The van der Waals surface area contributed by atoms with Crippen LogP contribution in [-0.2, 0) is 22.6 Å². The molecule has 0 atom stereocenters. The zero-order chi connectivity index (χ0) is 25.0. The number of halogens is 4. The van der Waals surface area contributed by atoms with Gasteiger partial charge in [-0.3, -0.25) is 0 Å². The lowest BCUT2D eigenvalue weighted by Crippen LogP contribution is -2.43. The predicted octanol–water partition coefficient (Wildman–Crippen LogP) is 7.53. The molecule has 0 aliphatic heterocycles. The minimum atomic E-state index is -1.26. The third-order valence-electron chi connectivity index (χ3n) is 6.34. The normalized spacial score (nSPS) is 17.8. The van der Waals surface area contributed by atoms with Gasteiger partial charge in [0.05, 0.1) is 12.6 Å². The molecule has 0 heterocycles. The fourth-order valence-corrected chi connectivity index (χ4v) is 4.73. The van der Waals surface area contributed by atoms with Crippen LogP contribution in [0.1, 0.15) is 62.5 Å². The fourth-order valence-electron chi connectivity index (χ4n) is 4.34. The lowest BCUT2D eigenvalue weighted by atomic mass is 9.91. The van der Waals surface area contributed by atoms with Crippen molar-refractivity contribution in [3.05, 3.63) is 71.0 Å². The Kier molecular flexibility index (Phi) is 11.4. The second-order valence-corrected chi connectivity index (χ2v) is 9.72. The van der Waals surface area contributed by atoms with Crippen molar-refractivity contribution in [3.63, 3.8) is 0 Å². The van der Waals surface area contributed by atoms with Crippen molar-refractivity contribution in [3.8, 4) is 0 Å². The molecule has 192 valence electrons. The molecule has 1 saturated carbocycles. The Balaban J connectivity index is 1.60. The maximum absolute atomic E-state index is 14.4. The molecule has 0 spiro atoms. The van der Waals surface area contributed by atoms with E-state index in [1.165, 1.54) is 17.7 Å². The van der Waals surface area contributed by atoms with Crippen molar-refractivity contribution < 1.29 is 27.4 Å². The first kappa shape index (κ1) is 27.5. The average molecular weight is 556 g/mol. The Labute approximate surface area is 213 Å². The van der Waals surface area contributed by atoms with Crippen molar-refractivity contribution in [2.24, 2.45) is 0 Å². The summed E-state index contributed by atoms with van der Waals surface area (Å²) in [5.74, 6) is -3.29. The topological polar surface area (TPSA) is 38.8 Å². The minimum absolute atomic E-state index is 0.0734. The van der Waals surface area contributed by atoms with Crippen LogP contribution in [0.2, 0.25) is 0 Å². The van der Waals surface area contributed by atoms with E-state index in [1.54, 1.807) is 0 Å². The summed E-state index contributed by atoms with van der Waals surface area (Å²) in [6.07, 6.45) is 6.92. The molecule has 35 heavy (non-hydrogen) atoms. The van der Waals surface area contributed by atoms with Gasteiger partial charge in [0, 0.05) is 29.6 Å². The van der Waals surface area contributed by atoms with E-state index in [4.69, 9.17) is 9.47 Å². The summed E-state index contributed by atoms with van der Waals surface area (Å²) >= 11 is 3.44. The van der Waals surface area contributed by atoms with E-state index in [0.29, 0.717) is 18.9 Å². The van der Waals surface area contributed by atoms with Gasteiger partial charge in [-0.2, -0.15) is 0 Å². The quantitative estimate of drug-likeness (QED) is 0.154. The summed E-state index contributed by atoms with van der Waals surface area (Å²) in [6, 6.07) is 10.4. The average Bonchev–Trinajstić information content (AvgIpc) is 2.87. The number of amides is 1. The summed E-state index contributed by atoms with van der Waals surface area (Å²) in [7, 11) is 0. The Hall–Kier alpha value is -2.06. The Bertz CT molecular complexity index is 923. The molecule has 0 bridgehead atoms. The number of alkyl halides is 1. The van der Waals surface area contributed by atoms with Gasteiger partial charge in [-0.05, 0) is 50.2 Å². The molecular weight excluding hydrogens is 523 g/mol. The van der Waals surface area contributed by atoms with Crippen LogP contribution in [0.4, 0.5) is 18.0 Å². The summed E-state index contributed by atoms with van der Waals surface area (Å²) in [6.45, 7) is 0.602. The van der Waals surface area contributed by atoms with Gasteiger partial charge in [-0.25, -0.2) is 18.0 Å². The molecule has 0 radical (unpaired) electrons. The molecule has 4 nitrogen and oxygen atoms in total. The van der Waals surface area contributed by atoms with E-state index in [9.17, 15) is 18.0 Å². The van der Waals surface area contributed by atoms with Crippen LogP contribution in [0.5, 0.6) is 0 Å². The lowest BCUT2D eigenvalue weighted by molar-refractivity contribution is 0.00183. The molecule has 0 unspecified atom stereocenters. The number of benzene rings is 2. The number of nitrogens with zero attached hydrogens (tertiary/aromatic N) is 1. The van der Waals surface area contributed by atoms with Crippen molar-refractivity contribution in [2.75, 3.05) is 11.9 Å². The third kappa shape index (κ3) is 8.83. The van der Waals surface area contributed by atoms with Gasteiger partial charge in [0.25, 0.3) is 0 Å². The largest absolute Gasteiger partial charge is 0.445 e. The van der Waals surface area contributed by atoms with Gasteiger partial charge < -0.3 is 14.4 Å². The highest BCUT2D eigenvalue weighted by molar-refractivity contribution is 9.09. The second kappa shape index (κ2) is 14.5. The number of hydrogen-bond acceptors (Lipinski definition) is 3. The maximum atomic E-state index is 14.4.